The van der Waals surface area contributed by atoms with E-state index in [0.29, 0.717) is 36.7 Å². The van der Waals surface area contributed by atoms with E-state index in [0.717, 1.165) is 25.0 Å². The number of nitrogens with zero attached hydrogens (tertiary/aromatic N) is 2. The van der Waals surface area contributed by atoms with Gasteiger partial charge in [-0.2, -0.15) is 0 Å². The number of rotatable bonds is 8. The van der Waals surface area contributed by atoms with Gasteiger partial charge in [0.15, 0.2) is 11.7 Å². The Bertz CT molecular complexity index is 967. The van der Waals surface area contributed by atoms with E-state index < -0.39 is 0 Å². The van der Waals surface area contributed by atoms with Gasteiger partial charge in [-0.15, -0.1) is 0 Å². The minimum absolute atomic E-state index is 0.0278. The fourth-order valence-corrected chi connectivity index (χ4v) is 3.68. The number of carbonyl (C=O) groups is 1. The topological polar surface area (TPSA) is 55.6 Å². The number of carbonyl (C=O) groups excluding carboxylic acids is 1. The molecule has 3 aromatic rings. The van der Waals surface area contributed by atoms with Crippen molar-refractivity contribution in [2.45, 2.75) is 38.3 Å². The van der Waals surface area contributed by atoms with Gasteiger partial charge in [0.1, 0.15) is 5.82 Å². The first-order valence-electron chi connectivity index (χ1n) is 10.3. The van der Waals surface area contributed by atoms with E-state index in [1.165, 1.54) is 12.3 Å². The molecule has 0 aliphatic carbocycles. The van der Waals surface area contributed by atoms with E-state index in [2.05, 4.69) is 4.98 Å². The van der Waals surface area contributed by atoms with Crippen LogP contribution in [0.4, 0.5) is 4.39 Å². The summed E-state index contributed by atoms with van der Waals surface area (Å²) in [5.41, 5.74) is 1.45. The molecule has 5 nitrogen and oxygen atoms in total. The summed E-state index contributed by atoms with van der Waals surface area (Å²) in [6.07, 6.45) is 4.25. The summed E-state index contributed by atoms with van der Waals surface area (Å²) in [5.74, 6) is 0.469. The zero-order valence-electron chi connectivity index (χ0n) is 16.8. The van der Waals surface area contributed by atoms with E-state index in [1.807, 2.05) is 35.2 Å². The average Bonchev–Trinajstić information content (AvgIpc) is 3.45. The second kappa shape index (κ2) is 9.67. The molecule has 2 heterocycles. The molecular weight excluding hydrogens is 383 g/mol. The molecule has 0 N–H and O–H groups in total. The Kier molecular flexibility index (Phi) is 6.54. The van der Waals surface area contributed by atoms with Gasteiger partial charge >= 0.3 is 0 Å². The molecule has 1 saturated heterocycles. The molecular formula is C24H25FN2O3. The van der Waals surface area contributed by atoms with Gasteiger partial charge in [0.25, 0.3) is 0 Å². The number of ether oxygens (including phenoxy) is 1. The quantitative estimate of drug-likeness (QED) is 0.546. The normalized spacial score (nSPS) is 16.0. The van der Waals surface area contributed by atoms with Crippen LogP contribution in [0.25, 0.3) is 11.3 Å². The molecule has 1 unspecified atom stereocenters. The maximum absolute atomic E-state index is 13.9. The molecule has 0 spiro atoms. The van der Waals surface area contributed by atoms with Gasteiger partial charge < -0.3 is 14.1 Å². The fraction of sp³-hybridized carbons (Fsp3) is 0.333. The zero-order chi connectivity index (χ0) is 20.8. The van der Waals surface area contributed by atoms with Crippen LogP contribution in [0.15, 0.2) is 65.2 Å². The van der Waals surface area contributed by atoms with Crippen LogP contribution in [0.3, 0.4) is 0 Å². The summed E-state index contributed by atoms with van der Waals surface area (Å²) in [7, 11) is 0. The lowest BCUT2D eigenvalue weighted by Crippen LogP contribution is -2.37. The molecule has 4 rings (SSSR count). The van der Waals surface area contributed by atoms with Gasteiger partial charge in [-0.05, 0) is 30.5 Å². The summed E-state index contributed by atoms with van der Waals surface area (Å²) in [5, 5.41) is 0. The highest BCUT2D eigenvalue weighted by Gasteiger charge is 2.23. The molecule has 0 saturated carbocycles. The lowest BCUT2D eigenvalue weighted by Gasteiger charge is -2.25. The largest absolute Gasteiger partial charge is 0.441 e. The van der Waals surface area contributed by atoms with Crippen LogP contribution in [-0.4, -0.2) is 35.0 Å². The van der Waals surface area contributed by atoms with E-state index >= 15 is 0 Å². The summed E-state index contributed by atoms with van der Waals surface area (Å²) in [4.78, 5) is 19.1. The number of halogens is 1. The minimum Gasteiger partial charge on any atom is -0.441 e. The van der Waals surface area contributed by atoms with Crippen molar-refractivity contribution in [1.82, 2.24) is 9.88 Å². The smallest absolute Gasteiger partial charge is 0.223 e. The van der Waals surface area contributed by atoms with Gasteiger partial charge in [-0.25, -0.2) is 9.37 Å². The molecule has 1 fully saturated rings. The van der Waals surface area contributed by atoms with Crippen molar-refractivity contribution < 1.29 is 18.3 Å². The van der Waals surface area contributed by atoms with Crippen molar-refractivity contribution >= 4 is 5.91 Å². The Morgan fingerprint density at radius 3 is 2.70 bits per heavy atom. The molecule has 1 amide bonds. The van der Waals surface area contributed by atoms with Crippen molar-refractivity contribution in [2.75, 3.05) is 13.2 Å². The molecule has 0 bridgehead atoms. The summed E-state index contributed by atoms with van der Waals surface area (Å²) in [6.45, 7) is 1.89. The summed E-state index contributed by atoms with van der Waals surface area (Å²) in [6, 6.07) is 16.4. The Morgan fingerprint density at radius 2 is 1.93 bits per heavy atom. The first kappa shape index (κ1) is 20.3. The third-order valence-corrected chi connectivity index (χ3v) is 5.26. The van der Waals surface area contributed by atoms with Gasteiger partial charge in [-0.3, -0.25) is 4.79 Å². The number of aromatic nitrogens is 1. The van der Waals surface area contributed by atoms with Gasteiger partial charge in [0, 0.05) is 32.5 Å². The zero-order valence-corrected chi connectivity index (χ0v) is 16.8. The highest BCUT2D eigenvalue weighted by Crippen LogP contribution is 2.24. The first-order valence-corrected chi connectivity index (χ1v) is 10.3. The van der Waals surface area contributed by atoms with Crippen LogP contribution >= 0.6 is 0 Å². The third kappa shape index (κ3) is 5.13. The van der Waals surface area contributed by atoms with Crippen LogP contribution in [0.2, 0.25) is 0 Å². The van der Waals surface area contributed by atoms with Crippen molar-refractivity contribution in [1.29, 1.82) is 0 Å². The Hall–Kier alpha value is -2.99. The second-order valence-electron chi connectivity index (χ2n) is 7.49. The monoisotopic (exact) mass is 408 g/mol. The van der Waals surface area contributed by atoms with Crippen molar-refractivity contribution in [3.8, 4) is 11.3 Å². The van der Waals surface area contributed by atoms with Gasteiger partial charge in [-0.1, -0.05) is 42.5 Å². The Balaban J connectivity index is 1.40. The standard InChI is InChI=1S/C24H25FN2O3/c25-21-11-5-4-10-20(21)22-15-26-23(30-22)12-13-24(28)27(17-19-9-6-14-29-19)16-18-7-2-1-3-8-18/h1-5,7-8,10-11,15,19H,6,9,12-14,16-17H2. The fourth-order valence-electron chi connectivity index (χ4n) is 3.68. The van der Waals surface area contributed by atoms with Crippen LogP contribution in [0.5, 0.6) is 0 Å². The van der Waals surface area contributed by atoms with Crippen molar-refractivity contribution in [3.05, 3.63) is 78.1 Å². The molecule has 156 valence electrons. The molecule has 1 atom stereocenters. The van der Waals surface area contributed by atoms with E-state index in [9.17, 15) is 9.18 Å². The number of benzene rings is 2. The number of hydrogen-bond acceptors (Lipinski definition) is 4. The summed E-state index contributed by atoms with van der Waals surface area (Å²) < 4.78 is 25.4. The molecule has 6 heteroatoms. The SMILES string of the molecule is O=C(CCc1ncc(-c2ccccc2F)o1)N(Cc1ccccc1)CC1CCCO1. The van der Waals surface area contributed by atoms with Crippen LogP contribution in [0, 0.1) is 5.82 Å². The summed E-state index contributed by atoms with van der Waals surface area (Å²) >= 11 is 0. The molecule has 1 aliphatic rings. The maximum atomic E-state index is 13.9. The molecule has 1 aliphatic heterocycles. The van der Waals surface area contributed by atoms with E-state index in [4.69, 9.17) is 9.15 Å². The number of amides is 1. The Morgan fingerprint density at radius 1 is 1.13 bits per heavy atom. The third-order valence-electron chi connectivity index (χ3n) is 5.26. The van der Waals surface area contributed by atoms with Crippen LogP contribution in [-0.2, 0) is 22.5 Å². The predicted octanol–water partition coefficient (Wildman–Crippen LogP) is 4.62. The second-order valence-corrected chi connectivity index (χ2v) is 7.49. The van der Waals surface area contributed by atoms with E-state index in [-0.39, 0.29) is 24.2 Å². The van der Waals surface area contributed by atoms with Gasteiger partial charge in [0.05, 0.1) is 17.9 Å². The molecule has 0 radical (unpaired) electrons. The highest BCUT2D eigenvalue weighted by atomic mass is 19.1. The highest BCUT2D eigenvalue weighted by molar-refractivity contribution is 5.76. The first-order chi connectivity index (χ1) is 14.7. The molecule has 30 heavy (non-hydrogen) atoms. The molecule has 1 aromatic heterocycles. The maximum Gasteiger partial charge on any atom is 0.223 e. The predicted molar refractivity (Wildman–Crippen MR) is 111 cm³/mol. The number of oxazole rings is 1. The van der Waals surface area contributed by atoms with Gasteiger partial charge in [0.2, 0.25) is 5.91 Å². The molecule has 2 aromatic carbocycles. The number of aryl methyl sites for hydroxylation is 1. The number of hydrogen-bond donors (Lipinski definition) is 0. The van der Waals surface area contributed by atoms with Crippen molar-refractivity contribution in [3.63, 3.8) is 0 Å². The van der Waals surface area contributed by atoms with Crippen LogP contribution in [0.1, 0.15) is 30.7 Å². The minimum atomic E-state index is -0.359. The Labute approximate surface area is 175 Å². The lowest BCUT2D eigenvalue weighted by atomic mass is 10.1. The average molecular weight is 408 g/mol. The van der Waals surface area contributed by atoms with Crippen LogP contribution < -0.4 is 0 Å². The lowest BCUT2D eigenvalue weighted by molar-refractivity contribution is -0.133. The van der Waals surface area contributed by atoms with E-state index in [1.54, 1.807) is 18.2 Å². The van der Waals surface area contributed by atoms with Crippen molar-refractivity contribution in [2.24, 2.45) is 0 Å².